The van der Waals surface area contributed by atoms with Gasteiger partial charge in [0.15, 0.2) is 0 Å². The van der Waals surface area contributed by atoms with E-state index in [2.05, 4.69) is 5.32 Å². The van der Waals surface area contributed by atoms with Gasteiger partial charge in [-0.1, -0.05) is 30.3 Å². The molecule has 0 atom stereocenters. The number of amides is 1. The summed E-state index contributed by atoms with van der Waals surface area (Å²) >= 11 is 0. The number of carboxylic acids is 1. The van der Waals surface area contributed by atoms with Gasteiger partial charge in [-0.3, -0.25) is 4.79 Å². The molecular weight excluding hydrogens is 318 g/mol. The Balaban J connectivity index is 1.94. The summed E-state index contributed by atoms with van der Waals surface area (Å²) in [4.78, 5) is 23.5. The average molecular weight is 341 g/mol. The van der Waals surface area contributed by atoms with Gasteiger partial charge in [-0.25, -0.2) is 4.79 Å². The number of carboxylic acid groups (broad SMARTS) is 1. The molecule has 2 aromatic carbocycles. The van der Waals surface area contributed by atoms with Crippen molar-refractivity contribution in [3.63, 3.8) is 0 Å². The van der Waals surface area contributed by atoms with Gasteiger partial charge in [0.25, 0.3) is 0 Å². The normalized spacial score (nSPS) is 11.2. The van der Waals surface area contributed by atoms with Crippen LogP contribution in [0.3, 0.4) is 0 Å². The Morgan fingerprint density at radius 1 is 1.12 bits per heavy atom. The highest BCUT2D eigenvalue weighted by molar-refractivity contribution is 5.96. The summed E-state index contributed by atoms with van der Waals surface area (Å²) in [5.41, 5.74) is 1.74. The highest BCUT2D eigenvalue weighted by atomic mass is 16.5. The van der Waals surface area contributed by atoms with Crippen LogP contribution in [0.5, 0.6) is 0 Å². The molecule has 0 fully saturated rings. The monoisotopic (exact) mass is 341 g/mol. The number of hydrogen-bond donors (Lipinski definition) is 2. The number of benzene rings is 2. The largest absolute Gasteiger partial charge is 0.478 e. The fourth-order valence-electron chi connectivity index (χ4n) is 2.35. The van der Waals surface area contributed by atoms with E-state index in [0.717, 1.165) is 5.56 Å². The average Bonchev–Trinajstić information content (AvgIpc) is 2.55. The predicted octanol–water partition coefficient (Wildman–Crippen LogP) is 3.87. The van der Waals surface area contributed by atoms with E-state index < -0.39 is 11.4 Å². The summed E-state index contributed by atoms with van der Waals surface area (Å²) in [6.45, 7) is 6.05. The molecule has 0 bridgehead atoms. The zero-order chi connectivity index (χ0) is 18.4. The van der Waals surface area contributed by atoms with Gasteiger partial charge < -0.3 is 15.2 Å². The Bertz CT molecular complexity index is 754. The highest BCUT2D eigenvalue weighted by Crippen LogP contribution is 2.21. The Hall–Kier alpha value is -2.66. The van der Waals surface area contributed by atoms with E-state index in [4.69, 9.17) is 9.84 Å². The zero-order valence-electron chi connectivity index (χ0n) is 14.7. The molecule has 1 amide bonds. The Morgan fingerprint density at radius 2 is 1.80 bits per heavy atom. The quantitative estimate of drug-likeness (QED) is 0.801. The van der Waals surface area contributed by atoms with E-state index in [1.165, 1.54) is 6.07 Å². The van der Waals surface area contributed by atoms with E-state index in [1.54, 1.807) is 19.1 Å². The van der Waals surface area contributed by atoms with Gasteiger partial charge in [0.1, 0.15) is 0 Å². The minimum Gasteiger partial charge on any atom is -0.478 e. The molecule has 5 heteroatoms. The topological polar surface area (TPSA) is 75.6 Å². The van der Waals surface area contributed by atoms with E-state index in [1.807, 2.05) is 44.2 Å². The van der Waals surface area contributed by atoms with E-state index >= 15 is 0 Å². The second kappa shape index (κ2) is 7.94. The molecule has 0 saturated carbocycles. The number of carbonyl (C=O) groups excluding carboxylic acids is 1. The Morgan fingerprint density at radius 3 is 2.40 bits per heavy atom. The number of aromatic carboxylic acids is 1. The molecule has 0 spiro atoms. The van der Waals surface area contributed by atoms with Gasteiger partial charge in [-0.15, -0.1) is 0 Å². The van der Waals surface area contributed by atoms with Crippen LogP contribution in [0.4, 0.5) is 5.69 Å². The zero-order valence-corrected chi connectivity index (χ0v) is 14.7. The maximum Gasteiger partial charge on any atom is 0.335 e. The van der Waals surface area contributed by atoms with Crippen LogP contribution in [0.1, 0.15) is 35.3 Å². The fourth-order valence-corrected chi connectivity index (χ4v) is 2.35. The molecule has 5 nitrogen and oxygen atoms in total. The molecule has 132 valence electrons. The van der Waals surface area contributed by atoms with Crippen LogP contribution in [-0.2, 0) is 16.1 Å². The lowest BCUT2D eigenvalue weighted by atomic mass is 9.93. The van der Waals surface area contributed by atoms with Crippen LogP contribution in [0.25, 0.3) is 0 Å². The molecule has 2 N–H and O–H groups in total. The molecule has 0 aliphatic heterocycles. The first kappa shape index (κ1) is 18.7. The summed E-state index contributed by atoms with van der Waals surface area (Å²) in [6.07, 6.45) is 0. The smallest absolute Gasteiger partial charge is 0.335 e. The SMILES string of the molecule is Cc1cc(NC(=O)C(C)(C)COCc2ccccc2)ccc1C(=O)O. The van der Waals surface area contributed by atoms with Gasteiger partial charge >= 0.3 is 5.97 Å². The minimum atomic E-state index is -0.981. The number of rotatable bonds is 7. The molecule has 0 saturated heterocycles. The van der Waals surface area contributed by atoms with Crippen LogP contribution in [0.2, 0.25) is 0 Å². The van der Waals surface area contributed by atoms with Gasteiger partial charge in [0.2, 0.25) is 5.91 Å². The summed E-state index contributed by atoms with van der Waals surface area (Å²) < 4.78 is 5.68. The maximum absolute atomic E-state index is 12.5. The third kappa shape index (κ3) is 5.16. The second-order valence-electron chi connectivity index (χ2n) is 6.65. The van der Waals surface area contributed by atoms with Crippen LogP contribution in [-0.4, -0.2) is 23.6 Å². The molecule has 0 aliphatic carbocycles. The van der Waals surface area contributed by atoms with E-state index in [-0.39, 0.29) is 18.1 Å². The maximum atomic E-state index is 12.5. The van der Waals surface area contributed by atoms with E-state index in [9.17, 15) is 9.59 Å². The van der Waals surface area contributed by atoms with Crippen molar-refractivity contribution in [2.24, 2.45) is 5.41 Å². The molecule has 2 aromatic rings. The van der Waals surface area contributed by atoms with Crippen LogP contribution < -0.4 is 5.32 Å². The van der Waals surface area contributed by atoms with Crippen molar-refractivity contribution in [2.45, 2.75) is 27.4 Å². The number of hydrogen-bond acceptors (Lipinski definition) is 3. The van der Waals surface area contributed by atoms with Crippen molar-refractivity contribution in [1.82, 2.24) is 0 Å². The first-order chi connectivity index (χ1) is 11.8. The van der Waals surface area contributed by atoms with Gasteiger partial charge in [0.05, 0.1) is 24.2 Å². The molecule has 0 aromatic heterocycles. The first-order valence-electron chi connectivity index (χ1n) is 8.07. The second-order valence-corrected chi connectivity index (χ2v) is 6.65. The lowest BCUT2D eigenvalue weighted by molar-refractivity contribution is -0.127. The van der Waals surface area contributed by atoms with Gasteiger partial charge in [0, 0.05) is 5.69 Å². The minimum absolute atomic E-state index is 0.178. The van der Waals surface area contributed by atoms with Crippen molar-refractivity contribution in [3.8, 4) is 0 Å². The predicted molar refractivity (Wildman–Crippen MR) is 96.6 cm³/mol. The lowest BCUT2D eigenvalue weighted by Gasteiger charge is -2.23. The standard InChI is InChI=1S/C20H23NO4/c1-14-11-16(9-10-17(14)18(22)23)21-19(24)20(2,3)13-25-12-15-7-5-4-6-8-15/h4-11H,12-13H2,1-3H3,(H,21,24)(H,22,23). The number of aryl methyl sites for hydroxylation is 1. The molecular formula is C20H23NO4. The summed E-state index contributed by atoms with van der Waals surface area (Å²) in [7, 11) is 0. The number of anilines is 1. The van der Waals surface area contributed by atoms with Gasteiger partial charge in [-0.05, 0) is 50.1 Å². The number of carbonyl (C=O) groups is 2. The summed E-state index contributed by atoms with van der Waals surface area (Å²) in [5, 5.41) is 11.9. The third-order valence-corrected chi connectivity index (χ3v) is 3.90. The lowest BCUT2D eigenvalue weighted by Crippen LogP contribution is -2.35. The number of ether oxygens (including phenoxy) is 1. The fraction of sp³-hybridized carbons (Fsp3) is 0.300. The van der Waals surface area contributed by atoms with Crippen molar-refractivity contribution in [3.05, 3.63) is 65.2 Å². The Labute approximate surface area is 147 Å². The molecule has 0 radical (unpaired) electrons. The summed E-state index contributed by atoms with van der Waals surface area (Å²) in [6, 6.07) is 14.5. The Kier molecular flexibility index (Phi) is 5.93. The van der Waals surface area contributed by atoms with Crippen LogP contribution in [0.15, 0.2) is 48.5 Å². The van der Waals surface area contributed by atoms with Crippen molar-refractivity contribution >= 4 is 17.6 Å². The summed E-state index contributed by atoms with van der Waals surface area (Å²) in [5.74, 6) is -1.16. The molecule has 0 heterocycles. The number of nitrogens with one attached hydrogen (secondary N) is 1. The molecule has 2 rings (SSSR count). The van der Waals surface area contributed by atoms with Gasteiger partial charge in [-0.2, -0.15) is 0 Å². The first-order valence-corrected chi connectivity index (χ1v) is 8.07. The third-order valence-electron chi connectivity index (χ3n) is 3.90. The van der Waals surface area contributed by atoms with Crippen molar-refractivity contribution in [2.75, 3.05) is 11.9 Å². The van der Waals surface area contributed by atoms with Crippen LogP contribution >= 0.6 is 0 Å². The molecule has 0 aliphatic rings. The highest BCUT2D eigenvalue weighted by Gasteiger charge is 2.28. The molecule has 25 heavy (non-hydrogen) atoms. The van der Waals surface area contributed by atoms with Crippen LogP contribution in [0, 0.1) is 12.3 Å². The van der Waals surface area contributed by atoms with E-state index in [0.29, 0.717) is 17.9 Å². The molecule has 0 unspecified atom stereocenters. The van der Waals surface area contributed by atoms with Crippen molar-refractivity contribution in [1.29, 1.82) is 0 Å². The van der Waals surface area contributed by atoms with Crippen molar-refractivity contribution < 1.29 is 19.4 Å².